The van der Waals surface area contributed by atoms with Gasteiger partial charge in [0.05, 0.1) is 23.1 Å². The molecule has 4 rings (SSSR count). The van der Waals surface area contributed by atoms with Crippen LogP contribution in [0.1, 0.15) is 42.5 Å². The summed E-state index contributed by atoms with van der Waals surface area (Å²) in [5, 5.41) is 23.0. The fraction of sp³-hybridized carbons (Fsp3) is 0.391. The molecule has 2 N–H and O–H groups in total. The van der Waals surface area contributed by atoms with Gasteiger partial charge in [-0.25, -0.2) is 13.2 Å². The summed E-state index contributed by atoms with van der Waals surface area (Å²) in [4.78, 5) is 13.3. The van der Waals surface area contributed by atoms with Crippen LogP contribution in [0.2, 0.25) is 5.02 Å². The molecule has 0 aromatic heterocycles. The van der Waals surface area contributed by atoms with Gasteiger partial charge >= 0.3 is 0 Å². The maximum Gasteiger partial charge on any atom is 0.255 e. The Morgan fingerprint density at radius 1 is 1.19 bits per heavy atom. The molecule has 0 aliphatic heterocycles. The van der Waals surface area contributed by atoms with Crippen molar-refractivity contribution in [1.82, 2.24) is 0 Å². The molecule has 2 aromatic rings. The van der Waals surface area contributed by atoms with Gasteiger partial charge in [-0.1, -0.05) is 11.6 Å². The Kier molecular flexibility index (Phi) is 6.44. The number of carbonyl (C=O) groups is 1. The molecule has 2 aliphatic carbocycles. The van der Waals surface area contributed by atoms with Crippen LogP contribution in [0.4, 0.5) is 18.9 Å². The van der Waals surface area contributed by atoms with Crippen LogP contribution in [0.15, 0.2) is 35.2 Å². The van der Waals surface area contributed by atoms with Gasteiger partial charge in [-0.2, -0.15) is 5.26 Å². The van der Waals surface area contributed by atoms with Crippen LogP contribution in [0, 0.1) is 40.6 Å². The van der Waals surface area contributed by atoms with Gasteiger partial charge in [0.2, 0.25) is 0 Å². The minimum absolute atomic E-state index is 0.0620. The highest BCUT2D eigenvalue weighted by Crippen LogP contribution is 2.54. The molecule has 4 nitrogen and oxygen atoms in total. The number of benzene rings is 2. The molecule has 0 spiro atoms. The number of nitrogens with one attached hydrogen (secondary N) is 1. The van der Waals surface area contributed by atoms with E-state index >= 15 is 0 Å². The molecule has 1 amide bonds. The van der Waals surface area contributed by atoms with Crippen molar-refractivity contribution in [1.29, 1.82) is 5.26 Å². The average Bonchev–Trinajstić information content (AvgIpc) is 2.90. The Labute approximate surface area is 192 Å². The van der Waals surface area contributed by atoms with Crippen LogP contribution < -0.4 is 5.32 Å². The highest BCUT2D eigenvalue weighted by atomic mass is 35.5. The second-order valence-electron chi connectivity index (χ2n) is 8.36. The van der Waals surface area contributed by atoms with Crippen LogP contribution in [-0.2, 0) is 0 Å². The monoisotopic (exact) mass is 480 g/mol. The number of hydrogen-bond donors (Lipinski definition) is 2. The van der Waals surface area contributed by atoms with E-state index in [2.05, 4.69) is 11.4 Å². The molecule has 168 valence electrons. The summed E-state index contributed by atoms with van der Waals surface area (Å²) in [7, 11) is 0. The fourth-order valence-electron chi connectivity index (χ4n) is 4.87. The van der Waals surface area contributed by atoms with Crippen molar-refractivity contribution in [2.75, 3.05) is 5.32 Å². The second-order valence-corrected chi connectivity index (χ2v) is 10.1. The van der Waals surface area contributed by atoms with Crippen LogP contribution in [0.25, 0.3) is 0 Å². The third kappa shape index (κ3) is 4.34. The number of carbonyl (C=O) groups excluding carboxylic acids is 1. The number of aliphatic hydroxyl groups is 1. The van der Waals surface area contributed by atoms with Crippen molar-refractivity contribution >= 4 is 35.0 Å². The van der Waals surface area contributed by atoms with Gasteiger partial charge in [0.15, 0.2) is 17.5 Å². The largest absolute Gasteiger partial charge is 0.388 e. The predicted octanol–water partition coefficient (Wildman–Crippen LogP) is 5.94. The maximum absolute atomic E-state index is 13.4. The third-order valence-electron chi connectivity index (χ3n) is 6.46. The number of rotatable bonds is 5. The van der Waals surface area contributed by atoms with Crippen LogP contribution >= 0.6 is 23.4 Å². The first-order valence-corrected chi connectivity index (χ1v) is 11.5. The summed E-state index contributed by atoms with van der Waals surface area (Å²) < 4.78 is 40.0. The standard InChI is InChI=1S/C23H20ClF3N2O2S/c24-17-4-1-12(22(30)29-15-10-18(25)21(27)19(26)11-15)7-20(17)32-16-8-13-2-3-14(9-16)23(13,31)5-6-28/h1,4,7,10-11,13-14,16,31H,2-3,5,8-9H2,(H,29,30)/t13-,14?,16?,23?/m1/s1. The minimum Gasteiger partial charge on any atom is -0.388 e. The summed E-state index contributed by atoms with van der Waals surface area (Å²) in [6.07, 6.45) is 3.42. The van der Waals surface area contributed by atoms with Gasteiger partial charge in [0.25, 0.3) is 5.91 Å². The Hall–Kier alpha value is -2.21. The topological polar surface area (TPSA) is 73.1 Å². The van der Waals surface area contributed by atoms with Crippen molar-refractivity contribution in [3.05, 3.63) is 58.4 Å². The number of nitriles is 1. The lowest BCUT2D eigenvalue weighted by Gasteiger charge is -2.41. The molecule has 32 heavy (non-hydrogen) atoms. The normalized spacial score (nSPS) is 26.6. The summed E-state index contributed by atoms with van der Waals surface area (Å²) in [6.45, 7) is 0. The highest BCUT2D eigenvalue weighted by molar-refractivity contribution is 8.00. The minimum atomic E-state index is -1.60. The molecule has 3 unspecified atom stereocenters. The van der Waals surface area contributed by atoms with E-state index in [1.807, 2.05) is 0 Å². The zero-order valence-electron chi connectivity index (χ0n) is 16.9. The van der Waals surface area contributed by atoms with Crippen molar-refractivity contribution in [2.24, 2.45) is 11.8 Å². The van der Waals surface area contributed by atoms with E-state index in [4.69, 9.17) is 16.9 Å². The van der Waals surface area contributed by atoms with Crippen molar-refractivity contribution < 1.29 is 23.1 Å². The zero-order valence-corrected chi connectivity index (χ0v) is 18.4. The first-order chi connectivity index (χ1) is 15.2. The predicted molar refractivity (Wildman–Crippen MR) is 116 cm³/mol. The summed E-state index contributed by atoms with van der Waals surface area (Å²) in [5.74, 6) is -4.87. The molecular weight excluding hydrogens is 461 g/mol. The molecule has 0 heterocycles. The van der Waals surface area contributed by atoms with E-state index in [0.717, 1.165) is 25.7 Å². The number of nitrogens with zero attached hydrogens (tertiary/aromatic N) is 1. The number of amides is 1. The van der Waals surface area contributed by atoms with Crippen LogP contribution in [0.3, 0.4) is 0 Å². The molecule has 2 aliphatic rings. The Balaban J connectivity index is 1.48. The molecule has 9 heteroatoms. The molecule has 2 bridgehead atoms. The number of fused-ring (bicyclic) bond motifs is 2. The lowest BCUT2D eigenvalue weighted by atomic mass is 9.73. The van der Waals surface area contributed by atoms with E-state index in [1.54, 1.807) is 12.1 Å². The zero-order chi connectivity index (χ0) is 23.0. The molecule has 2 aromatic carbocycles. The third-order valence-corrected chi connectivity index (χ3v) is 8.21. The lowest BCUT2D eigenvalue weighted by molar-refractivity contribution is -0.0534. The van der Waals surface area contributed by atoms with Gasteiger partial charge in [0.1, 0.15) is 0 Å². The molecule has 2 saturated carbocycles. The number of thioether (sulfide) groups is 1. The molecule has 4 atom stereocenters. The quantitative estimate of drug-likeness (QED) is 0.520. The SMILES string of the molecule is N#CCC1(O)C2CC[C@@H]1CC(Sc1cc(C(=O)Nc3cc(F)c(F)c(F)c3)ccc1Cl)C2. The van der Waals surface area contributed by atoms with Gasteiger partial charge in [-0.3, -0.25) is 4.79 Å². The van der Waals surface area contributed by atoms with Gasteiger partial charge < -0.3 is 10.4 Å². The molecule has 0 saturated heterocycles. The summed E-state index contributed by atoms with van der Waals surface area (Å²) >= 11 is 7.87. The van der Waals surface area contributed by atoms with Gasteiger partial charge in [0, 0.05) is 33.5 Å². The van der Waals surface area contributed by atoms with E-state index in [-0.39, 0.29) is 34.8 Å². The van der Waals surface area contributed by atoms with Crippen LogP contribution in [0.5, 0.6) is 0 Å². The Bertz CT molecular complexity index is 1070. The van der Waals surface area contributed by atoms with E-state index in [0.29, 0.717) is 22.1 Å². The Morgan fingerprint density at radius 3 is 2.41 bits per heavy atom. The van der Waals surface area contributed by atoms with Crippen molar-refractivity contribution in [3.8, 4) is 6.07 Å². The molecule has 0 radical (unpaired) electrons. The highest BCUT2D eigenvalue weighted by Gasteiger charge is 2.53. The van der Waals surface area contributed by atoms with E-state index in [9.17, 15) is 23.1 Å². The Morgan fingerprint density at radius 2 is 1.81 bits per heavy atom. The number of anilines is 1. The van der Waals surface area contributed by atoms with E-state index in [1.165, 1.54) is 17.8 Å². The first kappa shape index (κ1) is 23.0. The van der Waals surface area contributed by atoms with Gasteiger partial charge in [-0.05, 0) is 55.7 Å². The van der Waals surface area contributed by atoms with Crippen molar-refractivity contribution in [3.63, 3.8) is 0 Å². The summed E-state index contributed by atoms with van der Waals surface area (Å²) in [6, 6.07) is 8.21. The van der Waals surface area contributed by atoms with Crippen molar-refractivity contribution in [2.45, 2.75) is 47.9 Å². The number of hydrogen-bond acceptors (Lipinski definition) is 4. The second kappa shape index (κ2) is 8.97. The first-order valence-electron chi connectivity index (χ1n) is 10.2. The lowest BCUT2D eigenvalue weighted by Crippen LogP contribution is -2.45. The van der Waals surface area contributed by atoms with Gasteiger partial charge in [-0.15, -0.1) is 11.8 Å². The number of halogens is 4. The maximum atomic E-state index is 13.4. The average molecular weight is 481 g/mol. The van der Waals surface area contributed by atoms with E-state index < -0.39 is 29.0 Å². The molecular formula is C23H20ClF3N2O2S. The summed E-state index contributed by atoms with van der Waals surface area (Å²) in [5.41, 5.74) is -0.880. The molecule has 2 fully saturated rings. The fourth-order valence-corrected chi connectivity index (χ4v) is 6.51. The smallest absolute Gasteiger partial charge is 0.255 e. The van der Waals surface area contributed by atoms with Crippen LogP contribution in [-0.4, -0.2) is 21.9 Å².